The van der Waals surface area contributed by atoms with Crippen molar-refractivity contribution >= 4 is 22.6 Å². The van der Waals surface area contributed by atoms with Crippen LogP contribution in [0.2, 0.25) is 0 Å². The maximum absolute atomic E-state index is 12.3. The molecular weight excluding hydrogens is 334 g/mol. The van der Waals surface area contributed by atoms with E-state index in [-0.39, 0.29) is 5.91 Å². The van der Waals surface area contributed by atoms with Gasteiger partial charge in [-0.15, -0.1) is 0 Å². The second-order valence-corrected chi connectivity index (χ2v) is 6.57. The lowest BCUT2D eigenvalue weighted by Crippen LogP contribution is -2.11. The number of hydrogen-bond acceptors (Lipinski definition) is 2. The number of nitrogens with one attached hydrogen (secondary N) is 2. The number of amides is 1. The van der Waals surface area contributed by atoms with Crippen molar-refractivity contribution in [1.82, 2.24) is 9.97 Å². The van der Waals surface area contributed by atoms with Crippen LogP contribution in [0.15, 0.2) is 78.9 Å². The molecular formula is C23H21N3O. The van der Waals surface area contributed by atoms with Gasteiger partial charge in [-0.3, -0.25) is 4.79 Å². The van der Waals surface area contributed by atoms with Gasteiger partial charge in [-0.1, -0.05) is 54.6 Å². The maximum Gasteiger partial charge on any atom is 0.224 e. The van der Waals surface area contributed by atoms with E-state index < -0.39 is 0 Å². The number of para-hydroxylation sites is 2. The molecule has 0 saturated heterocycles. The summed E-state index contributed by atoms with van der Waals surface area (Å²) < 4.78 is 0. The van der Waals surface area contributed by atoms with Crippen molar-refractivity contribution in [2.45, 2.75) is 19.3 Å². The second-order valence-electron chi connectivity index (χ2n) is 6.57. The Hall–Kier alpha value is -3.40. The van der Waals surface area contributed by atoms with Gasteiger partial charge in [-0.25, -0.2) is 4.98 Å². The van der Waals surface area contributed by atoms with E-state index in [9.17, 15) is 4.79 Å². The van der Waals surface area contributed by atoms with Gasteiger partial charge in [0.05, 0.1) is 11.0 Å². The van der Waals surface area contributed by atoms with Crippen molar-refractivity contribution in [3.8, 4) is 11.4 Å². The van der Waals surface area contributed by atoms with Gasteiger partial charge in [0, 0.05) is 17.7 Å². The Labute approximate surface area is 158 Å². The molecule has 4 heteroatoms. The molecule has 0 aliphatic heterocycles. The topological polar surface area (TPSA) is 57.8 Å². The van der Waals surface area contributed by atoms with Crippen molar-refractivity contribution in [2.24, 2.45) is 0 Å². The van der Waals surface area contributed by atoms with Crippen LogP contribution in [0.5, 0.6) is 0 Å². The van der Waals surface area contributed by atoms with Crippen molar-refractivity contribution in [3.05, 3.63) is 84.4 Å². The molecule has 0 fully saturated rings. The molecule has 1 amide bonds. The van der Waals surface area contributed by atoms with Crippen LogP contribution in [0.4, 0.5) is 5.69 Å². The minimum Gasteiger partial charge on any atom is -0.338 e. The van der Waals surface area contributed by atoms with Gasteiger partial charge in [-0.2, -0.15) is 0 Å². The molecule has 1 aromatic heterocycles. The molecule has 0 bridgehead atoms. The van der Waals surface area contributed by atoms with Crippen LogP contribution >= 0.6 is 0 Å². The minimum absolute atomic E-state index is 0.0349. The molecule has 4 rings (SSSR count). The lowest BCUT2D eigenvalue weighted by Gasteiger charge is -2.07. The molecule has 0 radical (unpaired) electrons. The highest BCUT2D eigenvalue weighted by molar-refractivity contribution is 5.91. The van der Waals surface area contributed by atoms with Crippen LogP contribution in [0.25, 0.3) is 22.4 Å². The summed E-state index contributed by atoms with van der Waals surface area (Å²) >= 11 is 0. The molecule has 4 nitrogen and oxygen atoms in total. The monoisotopic (exact) mass is 355 g/mol. The van der Waals surface area contributed by atoms with Crippen LogP contribution < -0.4 is 5.32 Å². The van der Waals surface area contributed by atoms with Gasteiger partial charge < -0.3 is 10.3 Å². The average molecular weight is 355 g/mol. The Morgan fingerprint density at radius 3 is 2.59 bits per heavy atom. The molecule has 0 atom stereocenters. The van der Waals surface area contributed by atoms with E-state index in [0.29, 0.717) is 6.42 Å². The molecule has 4 aromatic rings. The number of fused-ring (bicyclic) bond motifs is 1. The van der Waals surface area contributed by atoms with Gasteiger partial charge in [0.15, 0.2) is 0 Å². The highest BCUT2D eigenvalue weighted by Crippen LogP contribution is 2.23. The summed E-state index contributed by atoms with van der Waals surface area (Å²) in [6.07, 6.45) is 2.25. The third kappa shape index (κ3) is 4.23. The van der Waals surface area contributed by atoms with Crippen LogP contribution in [0.3, 0.4) is 0 Å². The van der Waals surface area contributed by atoms with Gasteiger partial charge in [0.2, 0.25) is 5.91 Å². The molecule has 1 heterocycles. The lowest BCUT2D eigenvalue weighted by molar-refractivity contribution is -0.116. The zero-order chi connectivity index (χ0) is 18.5. The number of aryl methyl sites for hydroxylation is 1. The van der Waals surface area contributed by atoms with E-state index in [4.69, 9.17) is 0 Å². The number of aromatic nitrogens is 2. The Kier molecular flexibility index (Phi) is 4.97. The second kappa shape index (κ2) is 7.87. The van der Waals surface area contributed by atoms with E-state index in [0.717, 1.165) is 41.0 Å². The average Bonchev–Trinajstić information content (AvgIpc) is 3.13. The molecule has 0 aliphatic carbocycles. The fourth-order valence-corrected chi connectivity index (χ4v) is 3.16. The highest BCUT2D eigenvalue weighted by Gasteiger charge is 2.07. The third-order valence-electron chi connectivity index (χ3n) is 4.52. The van der Waals surface area contributed by atoms with Crippen LogP contribution in [-0.2, 0) is 11.2 Å². The standard InChI is InChI=1S/C23H21N3O/c27-22(15-6-10-17-8-2-1-3-9-17)24-19-12-7-11-18(16-19)23-25-20-13-4-5-14-21(20)26-23/h1-5,7-9,11-14,16H,6,10,15H2,(H,24,27)(H,25,26). The van der Waals surface area contributed by atoms with Crippen LogP contribution in [-0.4, -0.2) is 15.9 Å². The predicted molar refractivity (Wildman–Crippen MR) is 110 cm³/mol. The van der Waals surface area contributed by atoms with Gasteiger partial charge >= 0.3 is 0 Å². The quantitative estimate of drug-likeness (QED) is 0.500. The fourth-order valence-electron chi connectivity index (χ4n) is 3.16. The van der Waals surface area contributed by atoms with Crippen molar-refractivity contribution in [1.29, 1.82) is 0 Å². The van der Waals surface area contributed by atoms with Crippen LogP contribution in [0.1, 0.15) is 18.4 Å². The predicted octanol–water partition coefficient (Wildman–Crippen LogP) is 5.19. The molecule has 27 heavy (non-hydrogen) atoms. The largest absolute Gasteiger partial charge is 0.338 e. The zero-order valence-corrected chi connectivity index (χ0v) is 15.0. The molecule has 0 aliphatic rings. The number of aromatic amines is 1. The molecule has 0 saturated carbocycles. The number of nitrogens with zero attached hydrogens (tertiary/aromatic N) is 1. The third-order valence-corrected chi connectivity index (χ3v) is 4.52. The number of carbonyl (C=O) groups excluding carboxylic acids is 1. The lowest BCUT2D eigenvalue weighted by atomic mass is 10.1. The van der Waals surface area contributed by atoms with Gasteiger partial charge in [-0.05, 0) is 42.7 Å². The molecule has 2 N–H and O–H groups in total. The Morgan fingerprint density at radius 1 is 0.926 bits per heavy atom. The first-order valence-electron chi connectivity index (χ1n) is 9.17. The van der Waals surface area contributed by atoms with Gasteiger partial charge in [0.25, 0.3) is 0 Å². The summed E-state index contributed by atoms with van der Waals surface area (Å²) in [7, 11) is 0. The van der Waals surface area contributed by atoms with Crippen molar-refractivity contribution in [3.63, 3.8) is 0 Å². The molecule has 3 aromatic carbocycles. The van der Waals surface area contributed by atoms with E-state index in [2.05, 4.69) is 27.4 Å². The first kappa shape index (κ1) is 17.0. The first-order valence-corrected chi connectivity index (χ1v) is 9.17. The molecule has 0 spiro atoms. The highest BCUT2D eigenvalue weighted by atomic mass is 16.1. The number of imidazole rings is 1. The van der Waals surface area contributed by atoms with Crippen LogP contribution in [0, 0.1) is 0 Å². The summed E-state index contributed by atoms with van der Waals surface area (Å²) in [5, 5.41) is 2.99. The van der Waals surface area contributed by atoms with Crippen molar-refractivity contribution in [2.75, 3.05) is 5.32 Å². The summed E-state index contributed by atoms with van der Waals surface area (Å²) in [5.74, 6) is 0.837. The van der Waals surface area contributed by atoms with E-state index in [1.807, 2.05) is 66.7 Å². The fraction of sp³-hybridized carbons (Fsp3) is 0.130. The smallest absolute Gasteiger partial charge is 0.224 e. The summed E-state index contributed by atoms with van der Waals surface area (Å²) in [6.45, 7) is 0. The number of H-pyrrole nitrogens is 1. The van der Waals surface area contributed by atoms with Crippen molar-refractivity contribution < 1.29 is 4.79 Å². The van der Waals surface area contributed by atoms with E-state index in [1.165, 1.54) is 5.56 Å². The number of benzene rings is 3. The van der Waals surface area contributed by atoms with Gasteiger partial charge in [0.1, 0.15) is 5.82 Å². The summed E-state index contributed by atoms with van der Waals surface area (Å²) in [6, 6.07) is 26.0. The SMILES string of the molecule is O=C(CCCc1ccccc1)Nc1cccc(-c2nc3ccccc3[nH]2)c1. The molecule has 0 unspecified atom stereocenters. The first-order chi connectivity index (χ1) is 13.3. The summed E-state index contributed by atoms with van der Waals surface area (Å²) in [5.41, 5.74) is 4.94. The number of anilines is 1. The Morgan fingerprint density at radius 2 is 1.74 bits per heavy atom. The van der Waals surface area contributed by atoms with E-state index >= 15 is 0 Å². The number of carbonyl (C=O) groups is 1. The Bertz CT molecular complexity index is 1020. The number of rotatable bonds is 6. The number of hydrogen-bond donors (Lipinski definition) is 2. The zero-order valence-electron chi connectivity index (χ0n) is 15.0. The summed E-state index contributed by atoms with van der Waals surface area (Å²) in [4.78, 5) is 20.2. The molecule has 134 valence electrons. The minimum atomic E-state index is 0.0349. The normalized spacial score (nSPS) is 10.8. The Balaban J connectivity index is 1.39. The maximum atomic E-state index is 12.3. The van der Waals surface area contributed by atoms with E-state index in [1.54, 1.807) is 0 Å².